The van der Waals surface area contributed by atoms with Gasteiger partial charge in [0.25, 0.3) is 5.91 Å². The summed E-state index contributed by atoms with van der Waals surface area (Å²) in [6, 6.07) is 9.54. The molecule has 1 N–H and O–H groups in total. The second-order valence-corrected chi connectivity index (χ2v) is 6.06. The van der Waals surface area contributed by atoms with Crippen molar-refractivity contribution in [3.05, 3.63) is 59.7 Å². The molecule has 25 heavy (non-hydrogen) atoms. The van der Waals surface area contributed by atoms with Crippen LogP contribution in [0.25, 0.3) is 11.1 Å². The molecule has 1 aliphatic rings. The van der Waals surface area contributed by atoms with Crippen LogP contribution in [0.1, 0.15) is 16.8 Å². The number of amides is 1. The minimum atomic E-state index is -0.682. The monoisotopic (exact) mass is 347 g/mol. The molecular weight excluding hydrogens is 328 g/mol. The predicted octanol–water partition coefficient (Wildman–Crippen LogP) is 2.85. The standard InChI is InChI=1S/C19H19F2NO3/c1-25-15-9-14(11-23)22(10-15)19(24)13-5-2-4-12(8-13)18-16(20)6-3-7-17(18)21/h2-8,14-15,23H,9-11H2,1H3/t14-,15+/m0/s1. The van der Waals surface area contributed by atoms with Crippen molar-refractivity contribution in [2.75, 3.05) is 20.3 Å². The topological polar surface area (TPSA) is 49.8 Å². The van der Waals surface area contributed by atoms with Crippen LogP contribution in [0.4, 0.5) is 8.78 Å². The third kappa shape index (κ3) is 3.41. The number of ether oxygens (including phenoxy) is 1. The number of likely N-dealkylation sites (tertiary alicyclic amines) is 1. The number of hydrogen-bond donors (Lipinski definition) is 1. The Bertz CT molecular complexity index is 761. The Balaban J connectivity index is 1.93. The first-order valence-electron chi connectivity index (χ1n) is 8.04. The van der Waals surface area contributed by atoms with Crippen LogP contribution in [0.2, 0.25) is 0 Å². The summed E-state index contributed by atoms with van der Waals surface area (Å²) >= 11 is 0. The molecule has 0 saturated carbocycles. The summed E-state index contributed by atoms with van der Waals surface area (Å²) in [7, 11) is 1.56. The minimum absolute atomic E-state index is 0.131. The van der Waals surface area contributed by atoms with E-state index in [1.165, 1.54) is 24.3 Å². The van der Waals surface area contributed by atoms with E-state index in [1.54, 1.807) is 30.2 Å². The van der Waals surface area contributed by atoms with Crippen LogP contribution in [-0.4, -0.2) is 48.3 Å². The van der Waals surface area contributed by atoms with Gasteiger partial charge in [-0.15, -0.1) is 0 Å². The van der Waals surface area contributed by atoms with Gasteiger partial charge in [0.05, 0.1) is 24.3 Å². The summed E-state index contributed by atoms with van der Waals surface area (Å²) in [5.74, 6) is -1.66. The maximum absolute atomic E-state index is 14.0. The molecule has 0 radical (unpaired) electrons. The minimum Gasteiger partial charge on any atom is -0.394 e. The quantitative estimate of drug-likeness (QED) is 0.925. The van der Waals surface area contributed by atoms with Crippen molar-refractivity contribution in [1.29, 1.82) is 0 Å². The lowest BCUT2D eigenvalue weighted by molar-refractivity contribution is 0.0648. The van der Waals surface area contributed by atoms with Crippen molar-refractivity contribution in [2.45, 2.75) is 18.6 Å². The Morgan fingerprint density at radius 3 is 2.56 bits per heavy atom. The zero-order chi connectivity index (χ0) is 18.0. The summed E-state index contributed by atoms with van der Waals surface area (Å²) < 4.78 is 33.3. The van der Waals surface area contributed by atoms with Crippen LogP contribution in [0.5, 0.6) is 0 Å². The fourth-order valence-corrected chi connectivity index (χ4v) is 3.21. The molecule has 1 heterocycles. The Morgan fingerprint density at radius 2 is 1.92 bits per heavy atom. The Kier molecular flexibility index (Phi) is 5.11. The molecule has 2 aromatic rings. The number of benzene rings is 2. The smallest absolute Gasteiger partial charge is 0.254 e. The molecule has 0 aliphatic carbocycles. The van der Waals surface area contributed by atoms with Gasteiger partial charge in [0, 0.05) is 19.2 Å². The van der Waals surface area contributed by atoms with Gasteiger partial charge in [-0.05, 0) is 36.2 Å². The van der Waals surface area contributed by atoms with E-state index in [0.29, 0.717) is 24.1 Å². The SMILES string of the molecule is CO[C@@H]1C[C@@H](CO)N(C(=O)c2cccc(-c3c(F)cccc3F)c2)C1. The number of aliphatic hydroxyl groups is 1. The number of nitrogens with zero attached hydrogens (tertiary/aromatic N) is 1. The fourth-order valence-electron chi connectivity index (χ4n) is 3.21. The number of rotatable bonds is 4. The normalized spacial score (nSPS) is 20.1. The lowest BCUT2D eigenvalue weighted by atomic mass is 10.0. The number of halogens is 2. The van der Waals surface area contributed by atoms with Gasteiger partial charge >= 0.3 is 0 Å². The summed E-state index contributed by atoms with van der Waals surface area (Å²) in [5.41, 5.74) is 0.451. The highest BCUT2D eigenvalue weighted by atomic mass is 19.1. The van der Waals surface area contributed by atoms with Gasteiger partial charge < -0.3 is 14.7 Å². The van der Waals surface area contributed by atoms with E-state index in [4.69, 9.17) is 4.74 Å². The summed E-state index contributed by atoms with van der Waals surface area (Å²) in [6.45, 7) is 0.214. The fraction of sp³-hybridized carbons (Fsp3) is 0.316. The van der Waals surface area contributed by atoms with E-state index in [2.05, 4.69) is 0 Å². The summed E-state index contributed by atoms with van der Waals surface area (Å²) in [6.07, 6.45) is 0.425. The van der Waals surface area contributed by atoms with Crippen molar-refractivity contribution in [3.8, 4) is 11.1 Å². The Labute approximate surface area is 144 Å². The Hall–Kier alpha value is -2.31. The first-order valence-corrected chi connectivity index (χ1v) is 8.04. The highest BCUT2D eigenvalue weighted by molar-refractivity contribution is 5.96. The van der Waals surface area contributed by atoms with Crippen molar-refractivity contribution in [3.63, 3.8) is 0 Å². The molecule has 3 rings (SSSR count). The molecule has 4 nitrogen and oxygen atoms in total. The molecule has 0 spiro atoms. The molecule has 1 fully saturated rings. The van der Waals surface area contributed by atoms with Gasteiger partial charge in [0.2, 0.25) is 0 Å². The number of methoxy groups -OCH3 is 1. The van der Waals surface area contributed by atoms with Gasteiger partial charge in [-0.1, -0.05) is 18.2 Å². The predicted molar refractivity (Wildman–Crippen MR) is 89.1 cm³/mol. The number of carbonyl (C=O) groups is 1. The molecule has 1 saturated heterocycles. The van der Waals surface area contributed by atoms with Crippen LogP contribution in [-0.2, 0) is 4.74 Å². The van der Waals surface area contributed by atoms with E-state index in [-0.39, 0.29) is 30.2 Å². The Morgan fingerprint density at radius 1 is 1.24 bits per heavy atom. The molecule has 0 bridgehead atoms. The van der Waals surface area contributed by atoms with Crippen LogP contribution in [0, 0.1) is 11.6 Å². The van der Waals surface area contributed by atoms with Crippen molar-refractivity contribution >= 4 is 5.91 Å². The third-order valence-electron chi connectivity index (χ3n) is 4.54. The molecule has 0 unspecified atom stereocenters. The maximum atomic E-state index is 14.0. The number of hydrogen-bond acceptors (Lipinski definition) is 3. The van der Waals surface area contributed by atoms with Crippen molar-refractivity contribution in [2.24, 2.45) is 0 Å². The van der Waals surface area contributed by atoms with Gasteiger partial charge in [0.1, 0.15) is 11.6 Å². The molecule has 132 valence electrons. The lowest BCUT2D eigenvalue weighted by Crippen LogP contribution is -2.38. The molecule has 1 aliphatic heterocycles. The highest BCUT2D eigenvalue weighted by Gasteiger charge is 2.35. The van der Waals surface area contributed by atoms with Gasteiger partial charge in [0.15, 0.2) is 0 Å². The van der Waals surface area contributed by atoms with Gasteiger partial charge in [-0.25, -0.2) is 8.78 Å². The maximum Gasteiger partial charge on any atom is 0.254 e. The summed E-state index contributed by atoms with van der Waals surface area (Å²) in [4.78, 5) is 14.3. The van der Waals surface area contributed by atoms with E-state index >= 15 is 0 Å². The van der Waals surface area contributed by atoms with Crippen LogP contribution >= 0.6 is 0 Å². The van der Waals surface area contributed by atoms with Crippen molar-refractivity contribution < 1.29 is 23.4 Å². The van der Waals surface area contributed by atoms with Crippen LogP contribution in [0.15, 0.2) is 42.5 Å². The molecular formula is C19H19F2NO3. The number of carbonyl (C=O) groups excluding carboxylic acids is 1. The molecule has 2 atom stereocenters. The van der Waals surface area contributed by atoms with Crippen molar-refractivity contribution in [1.82, 2.24) is 4.90 Å². The van der Waals surface area contributed by atoms with Crippen LogP contribution < -0.4 is 0 Å². The molecule has 6 heteroatoms. The average molecular weight is 347 g/mol. The van der Waals surface area contributed by atoms with Gasteiger partial charge in [-0.2, -0.15) is 0 Å². The van der Waals surface area contributed by atoms with E-state index in [1.807, 2.05) is 0 Å². The molecule has 1 amide bonds. The molecule has 2 aromatic carbocycles. The second kappa shape index (κ2) is 7.29. The first kappa shape index (κ1) is 17.5. The average Bonchev–Trinajstić information content (AvgIpc) is 3.05. The first-order chi connectivity index (χ1) is 12.0. The third-order valence-corrected chi connectivity index (χ3v) is 4.54. The number of aliphatic hydroxyl groups excluding tert-OH is 1. The molecule has 0 aromatic heterocycles. The van der Waals surface area contributed by atoms with E-state index in [0.717, 1.165) is 0 Å². The second-order valence-electron chi connectivity index (χ2n) is 6.06. The highest BCUT2D eigenvalue weighted by Crippen LogP contribution is 2.28. The van der Waals surface area contributed by atoms with Crippen LogP contribution in [0.3, 0.4) is 0 Å². The largest absolute Gasteiger partial charge is 0.394 e. The van der Waals surface area contributed by atoms with Gasteiger partial charge in [-0.3, -0.25) is 4.79 Å². The summed E-state index contributed by atoms with van der Waals surface area (Å²) in [5, 5.41) is 9.50. The lowest BCUT2D eigenvalue weighted by Gasteiger charge is -2.23. The van der Waals surface area contributed by atoms with E-state index < -0.39 is 11.6 Å². The van der Waals surface area contributed by atoms with E-state index in [9.17, 15) is 18.7 Å². The zero-order valence-corrected chi connectivity index (χ0v) is 13.8. The zero-order valence-electron chi connectivity index (χ0n) is 13.8.